The van der Waals surface area contributed by atoms with Gasteiger partial charge in [0.25, 0.3) is 0 Å². The van der Waals surface area contributed by atoms with Crippen LogP contribution in [-0.2, 0) is 16.0 Å². The zero-order valence-corrected chi connectivity index (χ0v) is 9.72. The summed E-state index contributed by atoms with van der Waals surface area (Å²) in [6.07, 6.45) is 2.81. The van der Waals surface area contributed by atoms with E-state index in [1.165, 1.54) is 0 Å². The SMILES string of the molecule is CCC(NC(=O)CCc1ccccn1)C(=O)O. The Kier molecular flexibility index (Phi) is 5.13. The Bertz CT molecular complexity index is 379. The normalized spacial score (nSPS) is 11.8. The number of carbonyl (C=O) groups is 2. The zero-order chi connectivity index (χ0) is 12.7. The van der Waals surface area contributed by atoms with Crippen LogP contribution >= 0.6 is 0 Å². The number of carbonyl (C=O) groups excluding carboxylic acids is 1. The summed E-state index contributed by atoms with van der Waals surface area (Å²) in [6, 6.07) is 4.70. The molecule has 0 radical (unpaired) electrons. The maximum Gasteiger partial charge on any atom is 0.326 e. The lowest BCUT2D eigenvalue weighted by Gasteiger charge is -2.11. The standard InChI is InChI=1S/C12H16N2O3/c1-2-10(12(16)17)14-11(15)7-6-9-5-3-4-8-13-9/h3-5,8,10H,2,6-7H2,1H3,(H,14,15)(H,16,17). The van der Waals surface area contributed by atoms with Crippen molar-refractivity contribution in [2.75, 3.05) is 0 Å². The predicted molar refractivity (Wildman–Crippen MR) is 62.4 cm³/mol. The van der Waals surface area contributed by atoms with Gasteiger partial charge >= 0.3 is 5.97 Å². The average molecular weight is 236 g/mol. The second kappa shape index (κ2) is 6.62. The first kappa shape index (κ1) is 13.2. The number of carboxylic acids is 1. The molecule has 0 saturated carbocycles. The van der Waals surface area contributed by atoms with E-state index in [-0.39, 0.29) is 12.3 Å². The Hall–Kier alpha value is -1.91. The van der Waals surface area contributed by atoms with Crippen LogP contribution in [0.5, 0.6) is 0 Å². The summed E-state index contributed by atoms with van der Waals surface area (Å²) in [5, 5.41) is 11.3. The number of nitrogens with zero attached hydrogens (tertiary/aromatic N) is 1. The van der Waals surface area contributed by atoms with Gasteiger partial charge in [-0.3, -0.25) is 9.78 Å². The number of rotatable bonds is 6. The van der Waals surface area contributed by atoms with E-state index in [2.05, 4.69) is 10.3 Å². The number of carboxylic acid groups (broad SMARTS) is 1. The first-order chi connectivity index (χ1) is 8.13. The largest absolute Gasteiger partial charge is 0.480 e. The predicted octanol–water partition coefficient (Wildman–Crippen LogP) is 0.994. The molecule has 1 amide bonds. The van der Waals surface area contributed by atoms with E-state index >= 15 is 0 Å². The molecule has 0 aromatic carbocycles. The van der Waals surface area contributed by atoms with Crippen molar-refractivity contribution in [1.29, 1.82) is 0 Å². The Labute approximate surface area is 99.9 Å². The molecular formula is C12H16N2O3. The van der Waals surface area contributed by atoms with Crippen LogP contribution in [0.4, 0.5) is 0 Å². The summed E-state index contributed by atoms with van der Waals surface area (Å²) < 4.78 is 0. The van der Waals surface area contributed by atoms with Gasteiger partial charge < -0.3 is 10.4 Å². The molecule has 0 aliphatic heterocycles. The molecule has 92 valence electrons. The highest BCUT2D eigenvalue weighted by Crippen LogP contribution is 1.99. The minimum absolute atomic E-state index is 0.251. The van der Waals surface area contributed by atoms with Crippen molar-refractivity contribution in [3.63, 3.8) is 0 Å². The van der Waals surface area contributed by atoms with E-state index in [1.54, 1.807) is 19.2 Å². The van der Waals surface area contributed by atoms with E-state index < -0.39 is 12.0 Å². The van der Waals surface area contributed by atoms with E-state index in [0.29, 0.717) is 12.8 Å². The Balaban J connectivity index is 2.37. The lowest BCUT2D eigenvalue weighted by Crippen LogP contribution is -2.40. The lowest BCUT2D eigenvalue weighted by atomic mass is 10.2. The quantitative estimate of drug-likeness (QED) is 0.772. The number of aryl methyl sites for hydroxylation is 1. The molecule has 0 fully saturated rings. The van der Waals surface area contributed by atoms with Crippen molar-refractivity contribution in [2.24, 2.45) is 0 Å². The van der Waals surface area contributed by atoms with Crippen LogP contribution < -0.4 is 5.32 Å². The molecular weight excluding hydrogens is 220 g/mol. The minimum Gasteiger partial charge on any atom is -0.480 e. The van der Waals surface area contributed by atoms with Crippen LogP contribution in [0, 0.1) is 0 Å². The fourth-order valence-electron chi connectivity index (χ4n) is 1.39. The molecule has 0 aliphatic carbocycles. The minimum atomic E-state index is -1.00. The Morgan fingerprint density at radius 3 is 2.76 bits per heavy atom. The van der Waals surface area contributed by atoms with E-state index in [1.807, 2.05) is 12.1 Å². The molecule has 1 aromatic heterocycles. The van der Waals surface area contributed by atoms with Crippen molar-refractivity contribution >= 4 is 11.9 Å². The summed E-state index contributed by atoms with van der Waals surface area (Å²) in [4.78, 5) is 26.3. The molecule has 1 atom stereocenters. The van der Waals surface area contributed by atoms with Crippen molar-refractivity contribution < 1.29 is 14.7 Å². The summed E-state index contributed by atoms with van der Waals surface area (Å²) in [5.74, 6) is -1.26. The highest BCUT2D eigenvalue weighted by Gasteiger charge is 2.17. The molecule has 0 spiro atoms. The van der Waals surface area contributed by atoms with E-state index in [4.69, 9.17) is 5.11 Å². The number of aromatic nitrogens is 1. The third-order valence-electron chi connectivity index (χ3n) is 2.38. The second-order valence-electron chi connectivity index (χ2n) is 3.69. The van der Waals surface area contributed by atoms with Crippen molar-refractivity contribution in [3.8, 4) is 0 Å². The maximum absolute atomic E-state index is 11.5. The summed E-state index contributed by atoms with van der Waals surface area (Å²) in [7, 11) is 0. The first-order valence-electron chi connectivity index (χ1n) is 5.55. The third kappa shape index (κ3) is 4.63. The van der Waals surface area contributed by atoms with Crippen LogP contribution in [-0.4, -0.2) is 28.0 Å². The van der Waals surface area contributed by atoms with Crippen LogP contribution in [0.25, 0.3) is 0 Å². The van der Waals surface area contributed by atoms with Crippen molar-refractivity contribution in [2.45, 2.75) is 32.2 Å². The zero-order valence-electron chi connectivity index (χ0n) is 9.72. The van der Waals surface area contributed by atoms with Gasteiger partial charge in [0.2, 0.25) is 5.91 Å². The van der Waals surface area contributed by atoms with Crippen molar-refractivity contribution in [3.05, 3.63) is 30.1 Å². The number of hydrogen-bond donors (Lipinski definition) is 2. The third-order valence-corrected chi connectivity index (χ3v) is 2.38. The summed E-state index contributed by atoms with van der Waals surface area (Å²) >= 11 is 0. The average Bonchev–Trinajstić information content (AvgIpc) is 2.34. The van der Waals surface area contributed by atoms with E-state index in [9.17, 15) is 9.59 Å². The monoisotopic (exact) mass is 236 g/mol. The molecule has 1 unspecified atom stereocenters. The molecule has 17 heavy (non-hydrogen) atoms. The highest BCUT2D eigenvalue weighted by molar-refractivity contribution is 5.83. The summed E-state index contributed by atoms with van der Waals surface area (Å²) in [5.41, 5.74) is 0.825. The molecule has 2 N–H and O–H groups in total. The van der Waals surface area contributed by atoms with Gasteiger partial charge in [-0.05, 0) is 25.0 Å². The van der Waals surface area contributed by atoms with Crippen LogP contribution in [0.2, 0.25) is 0 Å². The molecule has 0 aliphatic rings. The first-order valence-corrected chi connectivity index (χ1v) is 5.55. The number of amides is 1. The van der Waals surface area contributed by atoms with Gasteiger partial charge in [0.05, 0.1) is 0 Å². The van der Waals surface area contributed by atoms with Gasteiger partial charge in [-0.25, -0.2) is 4.79 Å². The van der Waals surface area contributed by atoms with Gasteiger partial charge in [0, 0.05) is 18.3 Å². The highest BCUT2D eigenvalue weighted by atomic mass is 16.4. The van der Waals surface area contributed by atoms with Gasteiger partial charge in [0.1, 0.15) is 6.04 Å². The fourth-order valence-corrected chi connectivity index (χ4v) is 1.39. The molecule has 5 heteroatoms. The second-order valence-corrected chi connectivity index (χ2v) is 3.69. The maximum atomic E-state index is 11.5. The Morgan fingerprint density at radius 1 is 1.47 bits per heavy atom. The number of hydrogen-bond acceptors (Lipinski definition) is 3. The molecule has 5 nitrogen and oxygen atoms in total. The number of nitrogens with one attached hydrogen (secondary N) is 1. The number of pyridine rings is 1. The number of aliphatic carboxylic acids is 1. The molecule has 1 aromatic rings. The lowest BCUT2D eigenvalue weighted by molar-refractivity contribution is -0.141. The Morgan fingerprint density at radius 2 is 2.24 bits per heavy atom. The molecule has 1 heterocycles. The topological polar surface area (TPSA) is 79.3 Å². The molecule has 0 saturated heterocycles. The van der Waals surface area contributed by atoms with Gasteiger partial charge in [-0.15, -0.1) is 0 Å². The fraction of sp³-hybridized carbons (Fsp3) is 0.417. The van der Waals surface area contributed by atoms with Crippen LogP contribution in [0.3, 0.4) is 0 Å². The smallest absolute Gasteiger partial charge is 0.326 e. The van der Waals surface area contributed by atoms with Crippen LogP contribution in [0.15, 0.2) is 24.4 Å². The van der Waals surface area contributed by atoms with E-state index in [0.717, 1.165) is 5.69 Å². The molecule has 0 bridgehead atoms. The van der Waals surface area contributed by atoms with Gasteiger partial charge in [-0.2, -0.15) is 0 Å². The van der Waals surface area contributed by atoms with Gasteiger partial charge in [-0.1, -0.05) is 13.0 Å². The van der Waals surface area contributed by atoms with Crippen LogP contribution in [0.1, 0.15) is 25.5 Å². The van der Waals surface area contributed by atoms with Gasteiger partial charge in [0.15, 0.2) is 0 Å². The summed E-state index contributed by atoms with van der Waals surface area (Å²) in [6.45, 7) is 1.72. The molecule has 1 rings (SSSR count). The van der Waals surface area contributed by atoms with Crippen molar-refractivity contribution in [1.82, 2.24) is 10.3 Å².